The van der Waals surface area contributed by atoms with Crippen LogP contribution in [0.1, 0.15) is 2.74 Å². The van der Waals surface area contributed by atoms with Gasteiger partial charge in [-0.25, -0.2) is 0 Å². The Morgan fingerprint density at radius 1 is 0.632 bits per heavy atom. The van der Waals surface area contributed by atoms with Crippen LogP contribution in [0.2, 0.25) is 0 Å². The quantitative estimate of drug-likeness (QED) is 0.280. The van der Waals surface area contributed by atoms with Gasteiger partial charge in [0.15, 0.2) is 0 Å². The fraction of sp³-hybridized carbons (Fsp3) is 0. The zero-order valence-corrected chi connectivity index (χ0v) is 11.7. The van der Waals surface area contributed by atoms with Gasteiger partial charge in [0.25, 0.3) is 0 Å². The molecule has 19 heavy (non-hydrogen) atoms. The third kappa shape index (κ3) is 1.66. The van der Waals surface area contributed by atoms with E-state index in [4.69, 9.17) is 2.74 Å². The number of rotatable bonds is 0. The molecule has 0 unspecified atom stereocenters. The van der Waals surface area contributed by atoms with E-state index in [1.54, 1.807) is 0 Å². The van der Waals surface area contributed by atoms with Gasteiger partial charge in [-0.15, -0.1) is 0 Å². The highest BCUT2D eigenvalue weighted by molar-refractivity contribution is 9.10. The second kappa shape index (κ2) is 4.07. The molecule has 1 heteroatoms. The Hall–Kier alpha value is -1.86. The second-order valence-corrected chi connectivity index (χ2v) is 5.47. The number of benzene rings is 4. The number of hydrogen-bond acceptors (Lipinski definition) is 0. The summed E-state index contributed by atoms with van der Waals surface area (Å²) in [4.78, 5) is 0. The molecule has 0 spiro atoms. The predicted molar refractivity (Wildman–Crippen MR) is 86.7 cm³/mol. The molecule has 0 amide bonds. The van der Waals surface area contributed by atoms with Crippen LogP contribution in [0.15, 0.2) is 71.2 Å². The predicted octanol–water partition coefficient (Wildman–Crippen LogP) is 5.91. The fourth-order valence-electron chi connectivity index (χ4n) is 2.54. The van der Waals surface area contributed by atoms with Crippen molar-refractivity contribution in [1.29, 1.82) is 0 Å². The van der Waals surface area contributed by atoms with Crippen LogP contribution in [0, 0.1) is 0 Å². The highest BCUT2D eigenvalue weighted by atomic mass is 79.9. The number of hydrogen-bond donors (Lipinski definition) is 0. The Morgan fingerprint density at radius 3 is 2.26 bits per heavy atom. The molecule has 4 rings (SSSR count). The molecule has 0 atom stereocenters. The Labute approximate surface area is 122 Å². The molecule has 90 valence electrons. The zero-order chi connectivity index (χ0) is 14.6. The van der Waals surface area contributed by atoms with Gasteiger partial charge in [-0.2, -0.15) is 0 Å². The van der Waals surface area contributed by atoms with Crippen molar-refractivity contribution in [3.63, 3.8) is 0 Å². The normalized spacial score (nSPS) is 12.9. The maximum atomic E-state index is 8.58. The number of fused-ring (bicyclic) bond motifs is 4. The molecule has 0 heterocycles. The lowest BCUT2D eigenvalue weighted by Gasteiger charge is -2.07. The van der Waals surface area contributed by atoms with Gasteiger partial charge in [0.2, 0.25) is 0 Å². The first-order valence-corrected chi connectivity index (χ1v) is 6.96. The fourth-order valence-corrected chi connectivity index (χ4v) is 3.04. The van der Waals surface area contributed by atoms with Crippen molar-refractivity contribution in [2.75, 3.05) is 0 Å². The van der Waals surface area contributed by atoms with Crippen molar-refractivity contribution in [2.24, 2.45) is 0 Å². The molecule has 0 bridgehead atoms. The summed E-state index contributed by atoms with van der Waals surface area (Å²) < 4.78 is 18.1. The molecule has 0 saturated carbocycles. The van der Waals surface area contributed by atoms with Crippen molar-refractivity contribution in [3.8, 4) is 0 Å². The van der Waals surface area contributed by atoms with Crippen LogP contribution in [-0.2, 0) is 0 Å². The van der Waals surface area contributed by atoms with Gasteiger partial charge in [0.05, 0.1) is 2.74 Å². The summed E-state index contributed by atoms with van der Waals surface area (Å²) in [6.45, 7) is 0. The summed E-state index contributed by atoms with van der Waals surface area (Å²) in [5, 5.41) is 5.47. The summed E-state index contributed by atoms with van der Waals surface area (Å²) >= 11 is 3.57. The van der Waals surface area contributed by atoms with E-state index in [9.17, 15) is 0 Å². The van der Waals surface area contributed by atoms with Crippen molar-refractivity contribution in [1.82, 2.24) is 0 Å². The van der Waals surface area contributed by atoms with Crippen LogP contribution in [-0.4, -0.2) is 0 Å². The first kappa shape index (κ1) is 9.11. The Kier molecular flexibility index (Phi) is 1.95. The largest absolute Gasteiger partial charge is 0.0636 e. The molecule has 4 aromatic rings. The van der Waals surface area contributed by atoms with Crippen LogP contribution in [0.25, 0.3) is 32.3 Å². The molecule has 0 aliphatic carbocycles. The van der Waals surface area contributed by atoms with Gasteiger partial charge < -0.3 is 0 Å². The summed E-state index contributed by atoms with van der Waals surface area (Å²) in [6, 6.07) is 18.7. The summed E-state index contributed by atoms with van der Waals surface area (Å²) in [7, 11) is 0. The first-order chi connectivity index (χ1) is 10.2. The lowest BCUT2D eigenvalue weighted by Crippen LogP contribution is -1.80. The van der Waals surface area contributed by atoms with Crippen LogP contribution >= 0.6 is 15.9 Å². The summed E-state index contributed by atoms with van der Waals surface area (Å²) in [5.41, 5.74) is 0. The highest BCUT2D eigenvalue weighted by Crippen LogP contribution is 2.32. The maximum Gasteiger partial charge on any atom is 0.0636 e. The number of halogens is 1. The minimum absolute atomic E-state index is 0.499. The van der Waals surface area contributed by atoms with Gasteiger partial charge in [-0.05, 0) is 50.5 Å². The van der Waals surface area contributed by atoms with Crippen LogP contribution < -0.4 is 0 Å². The van der Waals surface area contributed by atoms with Crippen LogP contribution in [0.4, 0.5) is 0 Å². The minimum atomic E-state index is 0.499. The van der Waals surface area contributed by atoms with E-state index in [0.29, 0.717) is 12.1 Å². The third-order valence-corrected chi connectivity index (χ3v) is 4.16. The molecule has 0 aliphatic rings. The smallest absolute Gasteiger partial charge is 0.0616 e. The van der Waals surface area contributed by atoms with E-state index in [0.717, 1.165) is 36.8 Å². The van der Waals surface area contributed by atoms with Gasteiger partial charge in [0.1, 0.15) is 0 Å². The first-order valence-electron chi connectivity index (χ1n) is 7.17. The Balaban J connectivity index is 2.37. The monoisotopic (exact) mass is 308 g/mol. The molecule has 0 aliphatic heterocycles. The molecule has 0 saturated heterocycles. The summed E-state index contributed by atoms with van der Waals surface area (Å²) in [6.07, 6.45) is 0. The van der Waals surface area contributed by atoms with Crippen LogP contribution in [0.5, 0.6) is 0 Å². The van der Waals surface area contributed by atoms with E-state index in [2.05, 4.69) is 15.9 Å². The topological polar surface area (TPSA) is 0 Å². The standard InChI is InChI=1S/C18H11Br/c19-18-7-3-6-15-16(18)9-8-14-10-12-4-1-2-5-13(12)11-17(14)15/h1-11H/i10D,11D. The Morgan fingerprint density at radius 2 is 1.42 bits per heavy atom. The second-order valence-electron chi connectivity index (χ2n) is 4.62. The average molecular weight is 309 g/mol. The molecular weight excluding hydrogens is 296 g/mol. The highest BCUT2D eigenvalue weighted by Gasteiger charge is 2.04. The maximum absolute atomic E-state index is 8.58. The lowest BCUT2D eigenvalue weighted by molar-refractivity contribution is 1.74. The minimum Gasteiger partial charge on any atom is -0.0616 e. The van der Waals surface area contributed by atoms with E-state index in [-0.39, 0.29) is 0 Å². The SMILES string of the molecule is [2H]c1c2ccccc2c([2H])c2c1ccc1c(Br)cccc12. The zero-order valence-electron chi connectivity index (χ0n) is 12.1. The van der Waals surface area contributed by atoms with Crippen molar-refractivity contribution >= 4 is 48.2 Å². The molecule has 0 N–H and O–H groups in total. The molecule has 4 aromatic carbocycles. The molecular formula is C18H11Br. The van der Waals surface area contributed by atoms with E-state index >= 15 is 0 Å². The van der Waals surface area contributed by atoms with E-state index in [1.165, 1.54) is 0 Å². The van der Waals surface area contributed by atoms with Crippen molar-refractivity contribution < 1.29 is 2.74 Å². The molecule has 0 nitrogen and oxygen atoms in total. The molecule has 0 radical (unpaired) electrons. The van der Waals surface area contributed by atoms with Gasteiger partial charge >= 0.3 is 0 Å². The van der Waals surface area contributed by atoms with Crippen molar-refractivity contribution in [2.45, 2.75) is 0 Å². The summed E-state index contributed by atoms with van der Waals surface area (Å²) in [5.74, 6) is 0. The van der Waals surface area contributed by atoms with Crippen molar-refractivity contribution in [3.05, 3.63) is 71.2 Å². The van der Waals surface area contributed by atoms with Crippen LogP contribution in [0.3, 0.4) is 0 Å². The van der Waals surface area contributed by atoms with Gasteiger partial charge in [0, 0.05) is 4.47 Å². The molecule has 0 fully saturated rings. The van der Waals surface area contributed by atoms with Gasteiger partial charge in [-0.3, -0.25) is 0 Å². The lowest BCUT2D eigenvalue weighted by atomic mass is 9.98. The Bertz CT molecular complexity index is 1020. The average Bonchev–Trinajstić information content (AvgIpc) is 2.52. The van der Waals surface area contributed by atoms with E-state index in [1.807, 2.05) is 54.6 Å². The van der Waals surface area contributed by atoms with Gasteiger partial charge in [-0.1, -0.05) is 64.5 Å². The van der Waals surface area contributed by atoms with E-state index < -0.39 is 0 Å². The molecule has 0 aromatic heterocycles. The third-order valence-electron chi connectivity index (χ3n) is 3.46.